The van der Waals surface area contributed by atoms with Crippen molar-refractivity contribution < 1.29 is 19.8 Å². The van der Waals surface area contributed by atoms with Gasteiger partial charge in [-0.15, -0.1) is 0 Å². The van der Waals surface area contributed by atoms with Crippen LogP contribution in [0.15, 0.2) is 0 Å². The predicted octanol–water partition coefficient (Wildman–Crippen LogP) is 1.25. The number of carboxylic acid groups (broad SMARTS) is 1. The Balaban J connectivity index is 2.71. The molecule has 1 unspecified atom stereocenters. The maximum atomic E-state index is 12.2. The SMILES string of the molecule is CC(C)(CC(=O)N1CCCCCC1CO)C(=O)O. The molecule has 0 aromatic carbocycles. The maximum Gasteiger partial charge on any atom is 0.309 e. The number of carboxylic acids is 1. The minimum absolute atomic E-state index is 0.0150. The monoisotopic (exact) mass is 257 g/mol. The largest absolute Gasteiger partial charge is 0.481 e. The number of aliphatic carboxylic acids is 1. The molecular weight excluding hydrogens is 234 g/mol. The first-order valence-electron chi connectivity index (χ1n) is 6.52. The summed E-state index contributed by atoms with van der Waals surface area (Å²) < 4.78 is 0. The number of aliphatic hydroxyl groups is 1. The standard InChI is InChI=1S/C13H23NO4/c1-13(2,12(17)18)8-11(16)14-7-5-3-4-6-10(14)9-15/h10,15H,3-9H2,1-2H3,(H,17,18). The number of carbonyl (C=O) groups is 2. The van der Waals surface area contributed by atoms with Gasteiger partial charge in [-0.1, -0.05) is 12.8 Å². The summed E-state index contributed by atoms with van der Waals surface area (Å²) in [4.78, 5) is 24.9. The zero-order valence-corrected chi connectivity index (χ0v) is 11.2. The van der Waals surface area contributed by atoms with Gasteiger partial charge >= 0.3 is 5.97 Å². The van der Waals surface area contributed by atoms with Crippen LogP contribution in [-0.4, -0.2) is 46.2 Å². The van der Waals surface area contributed by atoms with E-state index in [1.807, 2.05) is 0 Å². The number of amides is 1. The molecule has 0 bridgehead atoms. The molecule has 104 valence electrons. The Morgan fingerprint density at radius 1 is 1.28 bits per heavy atom. The third-order valence-corrected chi connectivity index (χ3v) is 3.58. The van der Waals surface area contributed by atoms with Crippen LogP contribution in [0.4, 0.5) is 0 Å². The fourth-order valence-corrected chi connectivity index (χ4v) is 2.25. The molecule has 0 saturated carbocycles. The summed E-state index contributed by atoms with van der Waals surface area (Å²) in [5.74, 6) is -1.13. The van der Waals surface area contributed by atoms with Gasteiger partial charge in [0.1, 0.15) is 0 Å². The van der Waals surface area contributed by atoms with Crippen molar-refractivity contribution >= 4 is 11.9 Å². The van der Waals surface area contributed by atoms with E-state index >= 15 is 0 Å². The van der Waals surface area contributed by atoms with Crippen molar-refractivity contribution in [2.75, 3.05) is 13.2 Å². The van der Waals surface area contributed by atoms with Crippen LogP contribution in [0.2, 0.25) is 0 Å². The van der Waals surface area contributed by atoms with Crippen molar-refractivity contribution in [2.24, 2.45) is 5.41 Å². The number of carbonyl (C=O) groups excluding carboxylic acids is 1. The van der Waals surface area contributed by atoms with Crippen LogP contribution in [0.5, 0.6) is 0 Å². The number of hydrogen-bond acceptors (Lipinski definition) is 3. The molecule has 1 rings (SSSR count). The second-order valence-electron chi connectivity index (χ2n) is 5.64. The van der Waals surface area contributed by atoms with Crippen LogP contribution in [0.1, 0.15) is 46.0 Å². The molecule has 0 radical (unpaired) electrons. The van der Waals surface area contributed by atoms with E-state index in [2.05, 4.69) is 0 Å². The summed E-state index contributed by atoms with van der Waals surface area (Å²) in [5.41, 5.74) is -1.05. The zero-order chi connectivity index (χ0) is 13.8. The fourth-order valence-electron chi connectivity index (χ4n) is 2.25. The van der Waals surface area contributed by atoms with Gasteiger partial charge in [-0.2, -0.15) is 0 Å². The zero-order valence-electron chi connectivity index (χ0n) is 11.2. The van der Waals surface area contributed by atoms with E-state index in [1.54, 1.807) is 18.7 Å². The third kappa shape index (κ3) is 3.70. The molecule has 1 amide bonds. The topological polar surface area (TPSA) is 77.8 Å². The molecule has 1 saturated heterocycles. The van der Waals surface area contributed by atoms with Crippen LogP contribution in [0.25, 0.3) is 0 Å². The van der Waals surface area contributed by atoms with E-state index in [4.69, 9.17) is 5.11 Å². The quantitative estimate of drug-likeness (QED) is 0.794. The van der Waals surface area contributed by atoms with Crippen molar-refractivity contribution in [3.8, 4) is 0 Å². The van der Waals surface area contributed by atoms with E-state index in [0.717, 1.165) is 25.7 Å². The Morgan fingerprint density at radius 2 is 1.94 bits per heavy atom. The fraction of sp³-hybridized carbons (Fsp3) is 0.846. The molecule has 1 heterocycles. The Labute approximate surface area is 108 Å². The molecule has 0 aromatic heterocycles. The van der Waals surface area contributed by atoms with Crippen molar-refractivity contribution in [3.63, 3.8) is 0 Å². The van der Waals surface area contributed by atoms with E-state index in [0.29, 0.717) is 6.54 Å². The number of aliphatic hydroxyl groups excluding tert-OH is 1. The Kier molecular flexibility index (Phi) is 5.14. The van der Waals surface area contributed by atoms with Gasteiger partial charge in [-0.3, -0.25) is 9.59 Å². The minimum Gasteiger partial charge on any atom is -0.481 e. The number of rotatable bonds is 4. The van der Waals surface area contributed by atoms with E-state index < -0.39 is 11.4 Å². The van der Waals surface area contributed by atoms with E-state index in [1.165, 1.54) is 0 Å². The lowest BCUT2D eigenvalue weighted by atomic mass is 9.88. The van der Waals surface area contributed by atoms with Gasteiger partial charge in [0, 0.05) is 13.0 Å². The number of nitrogens with zero attached hydrogens (tertiary/aromatic N) is 1. The van der Waals surface area contributed by atoms with Crippen molar-refractivity contribution in [1.29, 1.82) is 0 Å². The molecule has 1 aliphatic heterocycles. The molecule has 5 nitrogen and oxygen atoms in total. The first-order chi connectivity index (χ1) is 8.38. The molecule has 0 spiro atoms. The summed E-state index contributed by atoms with van der Waals surface area (Å²) in [7, 11) is 0. The van der Waals surface area contributed by atoms with E-state index in [9.17, 15) is 14.7 Å². The lowest BCUT2D eigenvalue weighted by molar-refractivity contribution is -0.152. The van der Waals surface area contributed by atoms with Crippen LogP contribution in [0, 0.1) is 5.41 Å². The van der Waals surface area contributed by atoms with Crippen molar-refractivity contribution in [3.05, 3.63) is 0 Å². The predicted molar refractivity (Wildman–Crippen MR) is 67.1 cm³/mol. The van der Waals surface area contributed by atoms with Gasteiger partial charge in [-0.25, -0.2) is 0 Å². The summed E-state index contributed by atoms with van der Waals surface area (Å²) >= 11 is 0. The first kappa shape index (κ1) is 15.0. The second-order valence-corrected chi connectivity index (χ2v) is 5.64. The minimum atomic E-state index is -1.05. The highest BCUT2D eigenvalue weighted by Gasteiger charge is 2.34. The smallest absolute Gasteiger partial charge is 0.309 e. The van der Waals surface area contributed by atoms with Crippen LogP contribution >= 0.6 is 0 Å². The third-order valence-electron chi connectivity index (χ3n) is 3.58. The molecular formula is C13H23NO4. The van der Waals surface area contributed by atoms with Gasteiger partial charge in [-0.05, 0) is 26.7 Å². The summed E-state index contributed by atoms with van der Waals surface area (Å²) in [5, 5.41) is 18.4. The van der Waals surface area contributed by atoms with Crippen LogP contribution in [-0.2, 0) is 9.59 Å². The summed E-state index contributed by atoms with van der Waals surface area (Å²) in [6.45, 7) is 3.69. The van der Waals surface area contributed by atoms with Crippen molar-refractivity contribution in [1.82, 2.24) is 4.90 Å². The molecule has 1 atom stereocenters. The molecule has 18 heavy (non-hydrogen) atoms. The molecule has 1 fully saturated rings. The normalized spacial score (nSPS) is 21.5. The highest BCUT2D eigenvalue weighted by molar-refractivity contribution is 5.84. The highest BCUT2D eigenvalue weighted by Crippen LogP contribution is 2.24. The van der Waals surface area contributed by atoms with Crippen LogP contribution < -0.4 is 0 Å². The van der Waals surface area contributed by atoms with Gasteiger partial charge in [0.15, 0.2) is 0 Å². The Hall–Kier alpha value is -1.10. The van der Waals surface area contributed by atoms with Crippen molar-refractivity contribution in [2.45, 2.75) is 52.0 Å². The van der Waals surface area contributed by atoms with Gasteiger partial charge < -0.3 is 15.1 Å². The lowest BCUT2D eigenvalue weighted by Crippen LogP contribution is -2.44. The molecule has 0 aliphatic carbocycles. The van der Waals surface area contributed by atoms with Gasteiger partial charge in [0.25, 0.3) is 0 Å². The number of hydrogen-bond donors (Lipinski definition) is 2. The summed E-state index contributed by atoms with van der Waals surface area (Å²) in [6.07, 6.45) is 3.78. The number of likely N-dealkylation sites (tertiary alicyclic amines) is 1. The Bertz CT molecular complexity index is 314. The lowest BCUT2D eigenvalue weighted by Gasteiger charge is -2.31. The first-order valence-corrected chi connectivity index (χ1v) is 6.52. The van der Waals surface area contributed by atoms with Gasteiger partial charge in [0.05, 0.1) is 18.1 Å². The van der Waals surface area contributed by atoms with Crippen LogP contribution in [0.3, 0.4) is 0 Å². The average molecular weight is 257 g/mol. The van der Waals surface area contributed by atoms with Gasteiger partial charge in [0.2, 0.25) is 5.91 Å². The summed E-state index contributed by atoms with van der Waals surface area (Å²) in [6, 6.07) is -0.149. The molecule has 2 N–H and O–H groups in total. The molecule has 0 aromatic rings. The molecule has 5 heteroatoms. The van der Waals surface area contributed by atoms with E-state index in [-0.39, 0.29) is 25.0 Å². The molecule has 1 aliphatic rings. The Morgan fingerprint density at radius 3 is 2.50 bits per heavy atom. The maximum absolute atomic E-state index is 12.2. The highest BCUT2D eigenvalue weighted by atomic mass is 16.4. The second kappa shape index (κ2) is 6.18. The average Bonchev–Trinajstić information content (AvgIpc) is 2.52.